The molecule has 0 bridgehead atoms. The van der Waals surface area contributed by atoms with Crippen molar-refractivity contribution in [2.75, 3.05) is 6.54 Å². The lowest BCUT2D eigenvalue weighted by Gasteiger charge is -2.15. The molecule has 0 heterocycles. The van der Waals surface area contributed by atoms with Gasteiger partial charge in [-0.1, -0.05) is 26.7 Å². The Morgan fingerprint density at radius 3 is 2.33 bits per heavy atom. The molecule has 2 atom stereocenters. The van der Waals surface area contributed by atoms with Gasteiger partial charge in [-0.05, 0) is 12.8 Å². The summed E-state index contributed by atoms with van der Waals surface area (Å²) in [5.74, 6) is 0. The highest BCUT2D eigenvalue weighted by Crippen LogP contribution is 1.95. The molecule has 0 amide bonds. The van der Waals surface area contributed by atoms with Gasteiger partial charge in [0.25, 0.3) is 0 Å². The number of aliphatic hydroxyl groups excluding tert-OH is 1. The Bertz CT molecular complexity index is 86.5. The van der Waals surface area contributed by atoms with Crippen LogP contribution in [0.4, 0.5) is 0 Å². The van der Waals surface area contributed by atoms with Gasteiger partial charge in [-0.25, -0.2) is 0 Å². The largest absolute Gasteiger partial charge is 0.392 e. The Morgan fingerprint density at radius 2 is 1.83 bits per heavy atom. The van der Waals surface area contributed by atoms with Crippen LogP contribution in [-0.2, 0) is 0 Å². The van der Waals surface area contributed by atoms with E-state index >= 15 is 0 Å². The van der Waals surface area contributed by atoms with E-state index in [0.717, 1.165) is 25.7 Å². The molecule has 0 aromatic carbocycles. The van der Waals surface area contributed by atoms with Crippen LogP contribution in [0.2, 0.25) is 0 Å². The standard InChI is InChI=1S/C9H22N2O/c1-3-5-8(12)7-11-9(10)6-4-2/h8-9,11-12H,3-7,10H2,1-2H3. The highest BCUT2D eigenvalue weighted by atomic mass is 16.3. The summed E-state index contributed by atoms with van der Waals surface area (Å²) in [5.41, 5.74) is 5.71. The monoisotopic (exact) mass is 174 g/mol. The number of rotatable bonds is 7. The average molecular weight is 174 g/mol. The van der Waals surface area contributed by atoms with E-state index in [0.29, 0.717) is 6.54 Å². The first-order valence-electron chi connectivity index (χ1n) is 4.87. The molecule has 3 heteroatoms. The zero-order valence-electron chi connectivity index (χ0n) is 8.21. The van der Waals surface area contributed by atoms with Crippen LogP contribution < -0.4 is 11.1 Å². The summed E-state index contributed by atoms with van der Waals surface area (Å²) in [6, 6.07) is 0. The molecule has 0 fully saturated rings. The molecule has 0 aliphatic heterocycles. The zero-order chi connectivity index (χ0) is 9.40. The molecule has 0 aliphatic carbocycles. The fraction of sp³-hybridized carbons (Fsp3) is 1.00. The number of hydrogen-bond acceptors (Lipinski definition) is 3. The first kappa shape index (κ1) is 11.9. The Labute approximate surface area is 75.3 Å². The van der Waals surface area contributed by atoms with E-state index in [1.54, 1.807) is 0 Å². The Kier molecular flexibility index (Phi) is 7.45. The van der Waals surface area contributed by atoms with Crippen LogP contribution >= 0.6 is 0 Å². The summed E-state index contributed by atoms with van der Waals surface area (Å²) >= 11 is 0. The third-order valence-corrected chi connectivity index (χ3v) is 1.84. The van der Waals surface area contributed by atoms with Crippen molar-refractivity contribution in [2.24, 2.45) is 5.73 Å². The third kappa shape index (κ3) is 6.58. The molecule has 0 aromatic heterocycles. The number of aliphatic hydroxyl groups is 1. The van der Waals surface area contributed by atoms with E-state index in [9.17, 15) is 5.11 Å². The molecule has 0 aliphatic rings. The molecule has 0 radical (unpaired) electrons. The molecule has 0 rings (SSSR count). The lowest BCUT2D eigenvalue weighted by atomic mass is 10.2. The minimum absolute atomic E-state index is 0.0431. The van der Waals surface area contributed by atoms with Crippen LogP contribution in [0.3, 0.4) is 0 Å². The Hall–Kier alpha value is -0.120. The first-order chi connectivity index (χ1) is 5.70. The van der Waals surface area contributed by atoms with E-state index < -0.39 is 0 Å². The molecule has 0 saturated heterocycles. The van der Waals surface area contributed by atoms with E-state index in [2.05, 4.69) is 19.2 Å². The lowest BCUT2D eigenvalue weighted by molar-refractivity contribution is 0.156. The summed E-state index contributed by atoms with van der Waals surface area (Å²) in [5, 5.41) is 12.4. The number of nitrogens with one attached hydrogen (secondary N) is 1. The van der Waals surface area contributed by atoms with Crippen LogP contribution in [0.15, 0.2) is 0 Å². The van der Waals surface area contributed by atoms with Gasteiger partial charge in [0.05, 0.1) is 12.3 Å². The van der Waals surface area contributed by atoms with Gasteiger partial charge in [0, 0.05) is 6.54 Å². The van der Waals surface area contributed by atoms with Crippen molar-refractivity contribution in [3.63, 3.8) is 0 Å². The Balaban J connectivity index is 3.27. The van der Waals surface area contributed by atoms with Crippen LogP contribution in [-0.4, -0.2) is 23.9 Å². The van der Waals surface area contributed by atoms with Gasteiger partial charge in [-0.15, -0.1) is 0 Å². The van der Waals surface area contributed by atoms with Crippen molar-refractivity contribution in [1.82, 2.24) is 5.32 Å². The maximum Gasteiger partial charge on any atom is 0.0665 e. The van der Waals surface area contributed by atoms with Crippen LogP contribution in [0.1, 0.15) is 39.5 Å². The van der Waals surface area contributed by atoms with E-state index in [-0.39, 0.29) is 12.3 Å². The van der Waals surface area contributed by atoms with Crippen molar-refractivity contribution < 1.29 is 5.11 Å². The second kappa shape index (κ2) is 7.53. The summed E-state index contributed by atoms with van der Waals surface area (Å²) < 4.78 is 0. The van der Waals surface area contributed by atoms with Gasteiger partial charge in [0.2, 0.25) is 0 Å². The predicted octanol–water partition coefficient (Wildman–Crippen LogP) is 0.822. The molecule has 4 N–H and O–H groups in total. The molecule has 12 heavy (non-hydrogen) atoms. The van der Waals surface area contributed by atoms with Gasteiger partial charge >= 0.3 is 0 Å². The molecule has 3 nitrogen and oxygen atoms in total. The number of nitrogens with two attached hydrogens (primary N) is 1. The van der Waals surface area contributed by atoms with Gasteiger partial charge < -0.3 is 10.8 Å². The van der Waals surface area contributed by atoms with Gasteiger partial charge in [-0.3, -0.25) is 5.32 Å². The van der Waals surface area contributed by atoms with Crippen LogP contribution in [0, 0.1) is 0 Å². The average Bonchev–Trinajstić information content (AvgIpc) is 2.02. The first-order valence-corrected chi connectivity index (χ1v) is 4.87. The van der Waals surface area contributed by atoms with Crippen molar-refractivity contribution in [2.45, 2.75) is 51.8 Å². The van der Waals surface area contributed by atoms with E-state index in [1.807, 2.05) is 0 Å². The molecular weight excluding hydrogens is 152 g/mol. The minimum atomic E-state index is -0.238. The maximum absolute atomic E-state index is 9.35. The van der Waals surface area contributed by atoms with Gasteiger partial charge in [-0.2, -0.15) is 0 Å². The normalized spacial score (nSPS) is 16.0. The topological polar surface area (TPSA) is 58.3 Å². The van der Waals surface area contributed by atoms with E-state index in [1.165, 1.54) is 0 Å². The van der Waals surface area contributed by atoms with Crippen molar-refractivity contribution >= 4 is 0 Å². The quantitative estimate of drug-likeness (QED) is 0.501. The predicted molar refractivity (Wildman–Crippen MR) is 51.8 cm³/mol. The van der Waals surface area contributed by atoms with Crippen molar-refractivity contribution in [3.05, 3.63) is 0 Å². The molecule has 74 valence electrons. The summed E-state index contributed by atoms with van der Waals surface area (Å²) in [6.07, 6.45) is 3.73. The summed E-state index contributed by atoms with van der Waals surface area (Å²) in [7, 11) is 0. The third-order valence-electron chi connectivity index (χ3n) is 1.84. The second-order valence-electron chi connectivity index (χ2n) is 3.25. The van der Waals surface area contributed by atoms with Gasteiger partial charge in [0.1, 0.15) is 0 Å². The highest BCUT2D eigenvalue weighted by molar-refractivity contribution is 4.63. The maximum atomic E-state index is 9.35. The van der Waals surface area contributed by atoms with Crippen molar-refractivity contribution in [1.29, 1.82) is 0 Å². The summed E-state index contributed by atoms with van der Waals surface area (Å²) in [6.45, 7) is 4.79. The highest BCUT2D eigenvalue weighted by Gasteiger charge is 2.04. The summed E-state index contributed by atoms with van der Waals surface area (Å²) in [4.78, 5) is 0. The minimum Gasteiger partial charge on any atom is -0.392 e. The second-order valence-corrected chi connectivity index (χ2v) is 3.25. The van der Waals surface area contributed by atoms with Crippen molar-refractivity contribution in [3.8, 4) is 0 Å². The van der Waals surface area contributed by atoms with Gasteiger partial charge in [0.15, 0.2) is 0 Å². The molecule has 0 spiro atoms. The van der Waals surface area contributed by atoms with E-state index in [4.69, 9.17) is 5.73 Å². The smallest absolute Gasteiger partial charge is 0.0665 e. The molecule has 0 aromatic rings. The zero-order valence-corrected chi connectivity index (χ0v) is 8.21. The molecule has 2 unspecified atom stereocenters. The molecular formula is C9H22N2O. The Morgan fingerprint density at radius 1 is 1.25 bits per heavy atom. The molecule has 0 saturated carbocycles. The van der Waals surface area contributed by atoms with Crippen LogP contribution in [0.25, 0.3) is 0 Å². The fourth-order valence-electron chi connectivity index (χ4n) is 1.14. The number of hydrogen-bond donors (Lipinski definition) is 3. The fourth-order valence-corrected chi connectivity index (χ4v) is 1.14. The SMILES string of the molecule is CCCC(O)CNC(N)CCC. The lowest BCUT2D eigenvalue weighted by Crippen LogP contribution is -2.41. The van der Waals surface area contributed by atoms with Crippen LogP contribution in [0.5, 0.6) is 0 Å².